The minimum absolute atomic E-state index is 0.165. The molecule has 8 heteroatoms. The number of para-hydroxylation sites is 1. The summed E-state index contributed by atoms with van der Waals surface area (Å²) in [5.74, 6) is 1.01. The van der Waals surface area contributed by atoms with E-state index in [0.29, 0.717) is 43.0 Å². The number of hydrogen-bond donors (Lipinski definition) is 5. The maximum atomic E-state index is 12.5. The normalized spacial score (nSPS) is 42.3. The lowest BCUT2D eigenvalue weighted by Gasteiger charge is -2.64. The molecule has 4 aliphatic carbocycles. The van der Waals surface area contributed by atoms with Crippen molar-refractivity contribution in [2.24, 2.45) is 45.2 Å². The van der Waals surface area contributed by atoms with Crippen molar-refractivity contribution in [2.45, 2.75) is 95.4 Å². The van der Waals surface area contributed by atoms with Gasteiger partial charge in [-0.05, 0) is 106 Å². The second-order valence-corrected chi connectivity index (χ2v) is 12.9. The molecule has 38 heavy (non-hydrogen) atoms. The first kappa shape index (κ1) is 27.6. The van der Waals surface area contributed by atoms with E-state index in [1.807, 2.05) is 30.3 Å². The van der Waals surface area contributed by atoms with Crippen molar-refractivity contribution in [3.63, 3.8) is 0 Å². The van der Waals surface area contributed by atoms with Crippen LogP contribution in [-0.2, 0) is 4.74 Å². The molecule has 8 nitrogen and oxygen atoms in total. The zero-order valence-corrected chi connectivity index (χ0v) is 23.1. The predicted molar refractivity (Wildman–Crippen MR) is 151 cm³/mol. The molecule has 8 atom stereocenters. The summed E-state index contributed by atoms with van der Waals surface area (Å²) in [7, 11) is 0. The number of fused-ring (bicyclic) bond motifs is 5. The Bertz CT molecular complexity index is 1040. The van der Waals surface area contributed by atoms with Crippen LogP contribution < -0.4 is 16.5 Å². The third-order valence-corrected chi connectivity index (χ3v) is 11.3. The van der Waals surface area contributed by atoms with E-state index in [2.05, 4.69) is 18.9 Å². The van der Waals surface area contributed by atoms with Gasteiger partial charge in [0.1, 0.15) is 5.60 Å². The van der Waals surface area contributed by atoms with Crippen molar-refractivity contribution in [3.8, 4) is 0 Å². The number of nitrogens with two attached hydrogens (primary N) is 2. The molecule has 0 amide bonds. The Balaban J connectivity index is 1.36. The van der Waals surface area contributed by atoms with E-state index in [9.17, 15) is 10.2 Å². The number of hydrazone groups is 1. The minimum atomic E-state index is -1.28. The number of ether oxygens (including phenoxy) is 1. The summed E-state index contributed by atoms with van der Waals surface area (Å²) >= 11 is 0. The predicted octanol–water partition coefficient (Wildman–Crippen LogP) is 3.99. The van der Waals surface area contributed by atoms with Gasteiger partial charge in [-0.15, -0.1) is 0 Å². The summed E-state index contributed by atoms with van der Waals surface area (Å²) < 4.78 is 6.18. The number of hydrogen-bond acceptors (Lipinski definition) is 6. The van der Waals surface area contributed by atoms with Gasteiger partial charge in [-0.3, -0.25) is 5.41 Å². The van der Waals surface area contributed by atoms with Crippen molar-refractivity contribution >= 4 is 17.9 Å². The molecule has 7 N–H and O–H groups in total. The molecule has 0 radical (unpaired) electrons. The smallest absolute Gasteiger partial charge is 0.214 e. The van der Waals surface area contributed by atoms with Crippen molar-refractivity contribution < 1.29 is 14.9 Å². The molecular formula is C30H47N5O3. The first-order valence-corrected chi connectivity index (χ1v) is 14.6. The van der Waals surface area contributed by atoms with Gasteiger partial charge in [-0.2, -0.15) is 5.10 Å². The van der Waals surface area contributed by atoms with Crippen LogP contribution in [-0.4, -0.2) is 52.8 Å². The molecule has 1 aromatic rings. The van der Waals surface area contributed by atoms with Gasteiger partial charge < -0.3 is 26.4 Å². The van der Waals surface area contributed by atoms with Crippen molar-refractivity contribution in [1.29, 1.82) is 5.41 Å². The van der Waals surface area contributed by atoms with E-state index in [1.165, 1.54) is 5.01 Å². The number of rotatable bonds is 7. The molecule has 1 aromatic carbocycles. The molecule has 5 rings (SSSR count). The monoisotopic (exact) mass is 525 g/mol. The molecule has 4 saturated carbocycles. The Morgan fingerprint density at radius 3 is 2.55 bits per heavy atom. The highest BCUT2D eigenvalue weighted by Gasteiger charge is 2.71. The average Bonchev–Trinajstić information content (AvgIpc) is 3.11. The number of guanidine groups is 1. The maximum Gasteiger partial charge on any atom is 0.214 e. The molecule has 4 fully saturated rings. The fourth-order valence-corrected chi connectivity index (χ4v) is 8.92. The lowest BCUT2D eigenvalue weighted by atomic mass is 9.43. The topological polar surface area (TPSA) is 141 Å². The molecule has 0 spiro atoms. The van der Waals surface area contributed by atoms with E-state index in [-0.39, 0.29) is 17.3 Å². The van der Waals surface area contributed by atoms with E-state index < -0.39 is 16.6 Å². The van der Waals surface area contributed by atoms with Crippen molar-refractivity contribution in [2.75, 3.05) is 18.2 Å². The van der Waals surface area contributed by atoms with E-state index in [1.54, 1.807) is 6.21 Å². The lowest BCUT2D eigenvalue weighted by molar-refractivity contribution is -0.225. The van der Waals surface area contributed by atoms with Gasteiger partial charge >= 0.3 is 0 Å². The summed E-state index contributed by atoms with van der Waals surface area (Å²) in [6, 6.07) is 9.29. The fraction of sp³-hybridized carbons (Fsp3) is 0.733. The maximum absolute atomic E-state index is 12.5. The van der Waals surface area contributed by atoms with E-state index in [4.69, 9.17) is 21.6 Å². The zero-order valence-electron chi connectivity index (χ0n) is 23.1. The Hall–Kier alpha value is -2.00. The summed E-state index contributed by atoms with van der Waals surface area (Å²) in [6.45, 7) is 5.94. The number of nitrogens with one attached hydrogen (secondary N) is 1. The third kappa shape index (κ3) is 4.28. The SMILES string of the molecule is C[C@]12CCC(OCCCN)CC1CC[C@@H]1[C@H]2CC[C@]2(C)C(O)(/C=N/N(C(=N)N)c3ccccc3)CC[C@@]12O. The molecule has 4 aliphatic rings. The van der Waals surface area contributed by atoms with Gasteiger partial charge in [0.15, 0.2) is 0 Å². The average molecular weight is 526 g/mol. The highest BCUT2D eigenvalue weighted by Crippen LogP contribution is 2.69. The summed E-state index contributed by atoms with van der Waals surface area (Å²) in [4.78, 5) is 0. The van der Waals surface area contributed by atoms with Crippen LogP contribution in [0.1, 0.15) is 78.1 Å². The second kappa shape index (κ2) is 10.2. The first-order valence-electron chi connectivity index (χ1n) is 14.6. The number of anilines is 1. The van der Waals surface area contributed by atoms with Gasteiger partial charge in [0, 0.05) is 12.0 Å². The molecular weight excluding hydrogens is 478 g/mol. The van der Waals surface area contributed by atoms with Crippen LogP contribution in [0.25, 0.3) is 0 Å². The van der Waals surface area contributed by atoms with Gasteiger partial charge in [0.05, 0.1) is 23.6 Å². The van der Waals surface area contributed by atoms with Crippen LogP contribution in [0, 0.1) is 34.0 Å². The molecule has 3 unspecified atom stereocenters. The van der Waals surface area contributed by atoms with Gasteiger partial charge in [-0.1, -0.05) is 32.0 Å². The Kier molecular flexibility index (Phi) is 7.39. The lowest BCUT2D eigenvalue weighted by Crippen LogP contribution is -2.65. The van der Waals surface area contributed by atoms with Crippen LogP contribution in [0.5, 0.6) is 0 Å². The highest BCUT2D eigenvalue weighted by molar-refractivity contribution is 5.93. The summed E-state index contributed by atoms with van der Waals surface area (Å²) in [6.07, 6.45) is 11.0. The van der Waals surface area contributed by atoms with Crippen LogP contribution >= 0.6 is 0 Å². The Labute approximate surface area is 227 Å². The summed E-state index contributed by atoms with van der Waals surface area (Å²) in [5, 5.41) is 38.4. The van der Waals surface area contributed by atoms with Crippen molar-refractivity contribution in [3.05, 3.63) is 30.3 Å². The standard InChI is InChI=1S/C30H47N5O3/c1-27-13-11-23(38-18-6-17-31)19-21(27)9-10-25-24(27)12-14-28(2)29(36,15-16-30(25,28)37)20-34-35(26(32)33)22-7-4-3-5-8-22/h3-5,7-8,20-21,23-25,36-37H,6,9-19,31H2,1-2H3,(H3,32,33)/b34-20+/t21?,23?,24-,25-,27+,28-,29?,30-/m1/s1. The molecule has 0 heterocycles. The molecule has 0 bridgehead atoms. The van der Waals surface area contributed by atoms with E-state index in [0.717, 1.165) is 58.0 Å². The minimum Gasteiger partial charge on any atom is -0.389 e. The van der Waals surface area contributed by atoms with E-state index >= 15 is 0 Å². The molecule has 0 saturated heterocycles. The number of benzene rings is 1. The van der Waals surface area contributed by atoms with Crippen LogP contribution in [0.3, 0.4) is 0 Å². The fourth-order valence-electron chi connectivity index (χ4n) is 8.92. The third-order valence-electron chi connectivity index (χ3n) is 11.3. The first-order chi connectivity index (χ1) is 18.1. The summed E-state index contributed by atoms with van der Waals surface area (Å²) in [5.41, 5.74) is 9.42. The Morgan fingerprint density at radius 1 is 1.08 bits per heavy atom. The number of nitrogens with zero attached hydrogens (tertiary/aromatic N) is 2. The Morgan fingerprint density at radius 2 is 1.84 bits per heavy atom. The second-order valence-electron chi connectivity index (χ2n) is 12.9. The van der Waals surface area contributed by atoms with Crippen LogP contribution in [0.15, 0.2) is 35.4 Å². The number of aliphatic hydroxyl groups is 2. The van der Waals surface area contributed by atoms with Gasteiger partial charge in [0.25, 0.3) is 0 Å². The highest BCUT2D eigenvalue weighted by atomic mass is 16.5. The van der Waals surface area contributed by atoms with Gasteiger partial charge in [0.2, 0.25) is 5.96 Å². The van der Waals surface area contributed by atoms with Crippen LogP contribution in [0.4, 0.5) is 5.69 Å². The van der Waals surface area contributed by atoms with Crippen LogP contribution in [0.2, 0.25) is 0 Å². The molecule has 210 valence electrons. The zero-order chi connectivity index (χ0) is 27.2. The molecule has 0 aliphatic heterocycles. The molecule has 0 aromatic heterocycles. The van der Waals surface area contributed by atoms with Gasteiger partial charge in [-0.25, -0.2) is 5.01 Å². The quantitative estimate of drug-likeness (QED) is 0.158. The largest absolute Gasteiger partial charge is 0.389 e. The van der Waals surface area contributed by atoms with Crippen molar-refractivity contribution in [1.82, 2.24) is 0 Å².